The van der Waals surface area contributed by atoms with E-state index in [2.05, 4.69) is 73.0 Å². The fraction of sp³-hybridized carbons (Fsp3) is 0.208. The SMILES string of the molecule is Cc1cccc(OCCCn2c(-c3ccccc3C)nc3ccccc32)c1. The molecule has 0 aliphatic carbocycles. The topological polar surface area (TPSA) is 27.1 Å². The highest BCUT2D eigenvalue weighted by Crippen LogP contribution is 2.27. The Morgan fingerprint density at radius 3 is 2.56 bits per heavy atom. The maximum absolute atomic E-state index is 5.93. The second-order valence-corrected chi connectivity index (χ2v) is 6.91. The van der Waals surface area contributed by atoms with Crippen molar-refractivity contribution >= 4 is 11.0 Å². The molecule has 3 aromatic carbocycles. The van der Waals surface area contributed by atoms with Gasteiger partial charge in [-0.05, 0) is 55.7 Å². The molecule has 0 unspecified atom stereocenters. The third kappa shape index (κ3) is 3.72. The minimum absolute atomic E-state index is 0.684. The number of imidazole rings is 1. The first-order valence-electron chi connectivity index (χ1n) is 9.43. The third-order valence-corrected chi connectivity index (χ3v) is 4.82. The molecule has 0 aliphatic rings. The Bertz CT molecular complexity index is 1060. The van der Waals surface area contributed by atoms with E-state index in [1.54, 1.807) is 0 Å². The molecule has 4 aromatic rings. The van der Waals surface area contributed by atoms with Gasteiger partial charge >= 0.3 is 0 Å². The van der Waals surface area contributed by atoms with E-state index in [4.69, 9.17) is 9.72 Å². The van der Waals surface area contributed by atoms with Gasteiger partial charge in [0.1, 0.15) is 11.6 Å². The highest BCUT2D eigenvalue weighted by Gasteiger charge is 2.13. The van der Waals surface area contributed by atoms with Crippen molar-refractivity contribution in [2.24, 2.45) is 0 Å². The molecule has 0 radical (unpaired) electrons. The summed E-state index contributed by atoms with van der Waals surface area (Å²) < 4.78 is 8.25. The van der Waals surface area contributed by atoms with Crippen LogP contribution in [0.1, 0.15) is 17.5 Å². The van der Waals surface area contributed by atoms with E-state index in [-0.39, 0.29) is 0 Å². The second-order valence-electron chi connectivity index (χ2n) is 6.91. The Hall–Kier alpha value is -3.07. The second kappa shape index (κ2) is 7.67. The van der Waals surface area contributed by atoms with Crippen LogP contribution in [0.2, 0.25) is 0 Å². The maximum Gasteiger partial charge on any atom is 0.141 e. The van der Waals surface area contributed by atoms with E-state index in [9.17, 15) is 0 Å². The molecule has 0 saturated carbocycles. The van der Waals surface area contributed by atoms with Gasteiger partial charge in [0.15, 0.2) is 0 Å². The Morgan fingerprint density at radius 1 is 0.889 bits per heavy atom. The molecule has 0 fully saturated rings. The van der Waals surface area contributed by atoms with Crippen LogP contribution in [-0.4, -0.2) is 16.2 Å². The smallest absolute Gasteiger partial charge is 0.141 e. The molecule has 0 aliphatic heterocycles. The van der Waals surface area contributed by atoms with Crippen LogP contribution in [-0.2, 0) is 6.54 Å². The summed E-state index contributed by atoms with van der Waals surface area (Å²) in [6.07, 6.45) is 0.924. The fourth-order valence-electron chi connectivity index (χ4n) is 3.45. The number of aryl methyl sites for hydroxylation is 3. The Balaban J connectivity index is 1.57. The summed E-state index contributed by atoms with van der Waals surface area (Å²) in [5.74, 6) is 1.97. The van der Waals surface area contributed by atoms with Crippen molar-refractivity contribution in [3.8, 4) is 17.1 Å². The van der Waals surface area contributed by atoms with E-state index in [0.717, 1.165) is 30.1 Å². The van der Waals surface area contributed by atoms with E-state index in [0.29, 0.717) is 6.61 Å². The average molecular weight is 356 g/mol. The molecular formula is C24H24N2O. The van der Waals surface area contributed by atoms with Crippen LogP contribution in [0.15, 0.2) is 72.8 Å². The third-order valence-electron chi connectivity index (χ3n) is 4.82. The first-order valence-corrected chi connectivity index (χ1v) is 9.43. The van der Waals surface area contributed by atoms with Crippen molar-refractivity contribution in [3.63, 3.8) is 0 Å². The minimum atomic E-state index is 0.684. The molecule has 3 heteroatoms. The number of para-hydroxylation sites is 2. The average Bonchev–Trinajstić information content (AvgIpc) is 3.04. The summed E-state index contributed by atoms with van der Waals surface area (Å²) in [6, 6.07) is 25.0. The zero-order valence-corrected chi connectivity index (χ0v) is 15.9. The van der Waals surface area contributed by atoms with Gasteiger partial charge in [-0.15, -0.1) is 0 Å². The van der Waals surface area contributed by atoms with Crippen molar-refractivity contribution in [2.45, 2.75) is 26.8 Å². The summed E-state index contributed by atoms with van der Waals surface area (Å²) in [7, 11) is 0. The van der Waals surface area contributed by atoms with Gasteiger partial charge < -0.3 is 9.30 Å². The van der Waals surface area contributed by atoms with Crippen LogP contribution < -0.4 is 4.74 Å². The van der Waals surface area contributed by atoms with Crippen LogP contribution in [0, 0.1) is 13.8 Å². The lowest BCUT2D eigenvalue weighted by atomic mass is 10.1. The van der Waals surface area contributed by atoms with Gasteiger partial charge in [-0.2, -0.15) is 0 Å². The zero-order chi connectivity index (χ0) is 18.6. The Kier molecular flexibility index (Phi) is 4.93. The first kappa shape index (κ1) is 17.3. The molecule has 0 N–H and O–H groups in total. The maximum atomic E-state index is 5.93. The van der Waals surface area contributed by atoms with Crippen molar-refractivity contribution in [2.75, 3.05) is 6.61 Å². The van der Waals surface area contributed by atoms with Crippen LogP contribution in [0.4, 0.5) is 0 Å². The molecular weight excluding hydrogens is 332 g/mol. The number of ether oxygens (including phenoxy) is 1. The number of benzene rings is 3. The number of rotatable bonds is 6. The number of fused-ring (bicyclic) bond motifs is 1. The minimum Gasteiger partial charge on any atom is -0.494 e. The molecule has 4 rings (SSSR count). The molecule has 0 amide bonds. The van der Waals surface area contributed by atoms with Gasteiger partial charge in [-0.3, -0.25) is 0 Å². The van der Waals surface area contributed by atoms with E-state index in [1.165, 1.54) is 22.2 Å². The Labute approximate surface area is 160 Å². The summed E-state index contributed by atoms with van der Waals surface area (Å²) in [5, 5.41) is 0. The standard InChI is InChI=1S/C24H24N2O/c1-18-9-7-11-20(17-18)27-16-8-15-26-23-14-6-5-13-22(23)25-24(26)21-12-4-3-10-19(21)2/h3-7,9-14,17H,8,15-16H2,1-2H3. The van der Waals surface area contributed by atoms with Gasteiger partial charge in [0.25, 0.3) is 0 Å². The molecule has 0 saturated heterocycles. The van der Waals surface area contributed by atoms with Crippen molar-refractivity contribution in [1.82, 2.24) is 9.55 Å². The van der Waals surface area contributed by atoms with Crippen LogP contribution in [0.3, 0.4) is 0 Å². The van der Waals surface area contributed by atoms with Crippen molar-refractivity contribution in [1.29, 1.82) is 0 Å². The normalized spacial score (nSPS) is 11.0. The van der Waals surface area contributed by atoms with Crippen LogP contribution >= 0.6 is 0 Å². The fourth-order valence-corrected chi connectivity index (χ4v) is 3.45. The van der Waals surface area contributed by atoms with E-state index in [1.807, 2.05) is 18.2 Å². The van der Waals surface area contributed by atoms with Gasteiger partial charge in [-0.25, -0.2) is 4.98 Å². The monoisotopic (exact) mass is 356 g/mol. The largest absolute Gasteiger partial charge is 0.494 e. The van der Waals surface area contributed by atoms with Gasteiger partial charge in [0, 0.05) is 12.1 Å². The molecule has 0 bridgehead atoms. The summed E-state index contributed by atoms with van der Waals surface area (Å²) in [5.41, 5.74) is 5.86. The predicted molar refractivity (Wildman–Crippen MR) is 111 cm³/mol. The van der Waals surface area contributed by atoms with Crippen LogP contribution in [0.25, 0.3) is 22.4 Å². The number of aromatic nitrogens is 2. The molecule has 1 heterocycles. The van der Waals surface area contributed by atoms with E-state index < -0.39 is 0 Å². The molecule has 1 aromatic heterocycles. The highest BCUT2D eigenvalue weighted by molar-refractivity contribution is 5.81. The first-order chi connectivity index (χ1) is 13.2. The molecule has 0 spiro atoms. The van der Waals surface area contributed by atoms with Gasteiger partial charge in [-0.1, -0.05) is 48.5 Å². The lowest BCUT2D eigenvalue weighted by Gasteiger charge is -2.12. The molecule has 3 nitrogen and oxygen atoms in total. The quantitative estimate of drug-likeness (QED) is 0.409. The number of hydrogen-bond donors (Lipinski definition) is 0. The summed E-state index contributed by atoms with van der Waals surface area (Å²) in [6.45, 7) is 5.78. The molecule has 136 valence electrons. The highest BCUT2D eigenvalue weighted by atomic mass is 16.5. The summed E-state index contributed by atoms with van der Waals surface area (Å²) in [4.78, 5) is 4.91. The summed E-state index contributed by atoms with van der Waals surface area (Å²) >= 11 is 0. The zero-order valence-electron chi connectivity index (χ0n) is 15.9. The van der Waals surface area contributed by atoms with Gasteiger partial charge in [0.05, 0.1) is 17.6 Å². The number of hydrogen-bond acceptors (Lipinski definition) is 2. The Morgan fingerprint density at radius 2 is 1.70 bits per heavy atom. The lowest BCUT2D eigenvalue weighted by molar-refractivity contribution is 0.302. The van der Waals surface area contributed by atoms with Crippen molar-refractivity contribution in [3.05, 3.63) is 83.9 Å². The molecule has 27 heavy (non-hydrogen) atoms. The number of nitrogens with zero attached hydrogens (tertiary/aromatic N) is 2. The molecule has 0 atom stereocenters. The van der Waals surface area contributed by atoms with Crippen molar-refractivity contribution < 1.29 is 4.74 Å². The van der Waals surface area contributed by atoms with Crippen LogP contribution in [0.5, 0.6) is 5.75 Å². The van der Waals surface area contributed by atoms with Gasteiger partial charge in [0.2, 0.25) is 0 Å². The lowest BCUT2D eigenvalue weighted by Crippen LogP contribution is -2.06. The predicted octanol–water partition coefficient (Wildman–Crippen LogP) is 5.79. The van der Waals surface area contributed by atoms with E-state index >= 15 is 0 Å².